The number of nitrogens with one attached hydrogen (secondary N) is 1. The number of carbonyl (C=O) groups excluding carboxylic acids is 1. The molecule has 1 unspecified atom stereocenters. The number of hydrogen-bond acceptors (Lipinski definition) is 8. The summed E-state index contributed by atoms with van der Waals surface area (Å²) in [6.45, 7) is 5.75. The van der Waals surface area contributed by atoms with Crippen molar-refractivity contribution in [3.05, 3.63) is 11.9 Å². The Balaban J connectivity index is 2.18. The van der Waals surface area contributed by atoms with Crippen LogP contribution in [0.5, 0.6) is 0 Å². The Morgan fingerprint density at radius 3 is 2.61 bits per heavy atom. The lowest BCUT2D eigenvalue weighted by Gasteiger charge is -2.34. The van der Waals surface area contributed by atoms with Gasteiger partial charge >= 0.3 is 22.3 Å². The molecule has 1 atom stereocenters. The topological polar surface area (TPSA) is 131 Å². The van der Waals surface area contributed by atoms with E-state index in [4.69, 9.17) is 18.7 Å². The Bertz CT molecular complexity index is 881. The van der Waals surface area contributed by atoms with E-state index in [1.54, 1.807) is 6.92 Å². The lowest BCUT2D eigenvalue weighted by molar-refractivity contribution is -0.857. The number of carbonyl (C=O) groups is 1. The second-order valence-electron chi connectivity index (χ2n) is 7.67. The van der Waals surface area contributed by atoms with Crippen molar-refractivity contribution in [3.8, 4) is 0 Å². The number of ether oxygens (including phenoxy) is 2. The molecule has 2 aliphatic rings. The number of piperidine rings is 1. The zero-order valence-corrected chi connectivity index (χ0v) is 18.8. The smallest absolute Gasteiger partial charge is 0.438 e. The third kappa shape index (κ3) is 5.74. The first kappa shape index (κ1) is 23.5. The molecule has 2 fully saturated rings. The molecule has 0 aliphatic carbocycles. The minimum absolute atomic E-state index is 0.0244. The molecule has 1 aromatic rings. The second-order valence-corrected chi connectivity index (χ2v) is 8.67. The maximum atomic E-state index is 12.2. The minimum atomic E-state index is -4.92. The van der Waals surface area contributed by atoms with E-state index in [0.29, 0.717) is 25.3 Å². The van der Waals surface area contributed by atoms with E-state index in [2.05, 4.69) is 10.2 Å². The Morgan fingerprint density at radius 1 is 1.29 bits per heavy atom. The molecule has 31 heavy (non-hydrogen) atoms. The summed E-state index contributed by atoms with van der Waals surface area (Å²) in [4.78, 5) is 19.0. The molecule has 12 heteroatoms. The molecule has 0 bridgehead atoms. The van der Waals surface area contributed by atoms with E-state index in [-0.39, 0.29) is 18.2 Å². The summed E-state index contributed by atoms with van der Waals surface area (Å²) < 4.78 is 49.5. The molecule has 3 rings (SSSR count). The van der Waals surface area contributed by atoms with Crippen molar-refractivity contribution in [2.45, 2.75) is 64.4 Å². The number of anilines is 2. The van der Waals surface area contributed by atoms with Crippen LogP contribution in [0.2, 0.25) is 0 Å². The van der Waals surface area contributed by atoms with Crippen LogP contribution in [0.15, 0.2) is 6.07 Å². The van der Waals surface area contributed by atoms with Crippen LogP contribution >= 0.6 is 0 Å². The summed E-state index contributed by atoms with van der Waals surface area (Å²) in [5.41, 5.74) is -0.931. The third-order valence-corrected chi connectivity index (χ3v) is 5.92. The number of amides is 1. The van der Waals surface area contributed by atoms with Crippen LogP contribution < -0.4 is 19.2 Å². The molecule has 11 nitrogen and oxygen atoms in total. The molecule has 0 spiro atoms. The average Bonchev–Trinajstić information content (AvgIpc) is 2.75. The van der Waals surface area contributed by atoms with E-state index in [1.165, 1.54) is 6.07 Å². The standard InChI is InChI=1S/C19H30N4O7S/c1-3-19(10-6-9-13-29-19)17-20-15(22-11-7-5-8-12-22)14-16(21-18(24)28-4-2)23(17)30-31(25,26)27/h14H,3-13H2,1-2H3,(H,25,26,27)/p+1. The van der Waals surface area contributed by atoms with Gasteiger partial charge in [-0.15, -0.1) is 0 Å². The van der Waals surface area contributed by atoms with Gasteiger partial charge in [0.15, 0.2) is 5.60 Å². The van der Waals surface area contributed by atoms with E-state index < -0.39 is 22.1 Å². The van der Waals surface area contributed by atoms with Gasteiger partial charge in [-0.05, 0) is 56.6 Å². The summed E-state index contributed by atoms with van der Waals surface area (Å²) in [5.74, 6) is 0.713. The largest absolute Gasteiger partial charge is 0.476 e. The van der Waals surface area contributed by atoms with Crippen molar-refractivity contribution < 1.29 is 36.3 Å². The summed E-state index contributed by atoms with van der Waals surface area (Å²) in [6.07, 6.45) is 5.17. The maximum Gasteiger partial charge on any atom is 0.476 e. The number of hydrogen-bond donors (Lipinski definition) is 2. The molecule has 1 amide bonds. The number of nitrogens with zero attached hydrogens (tertiary/aromatic N) is 3. The monoisotopic (exact) mass is 459 g/mol. The van der Waals surface area contributed by atoms with Gasteiger partial charge in [0.2, 0.25) is 5.82 Å². The van der Waals surface area contributed by atoms with Crippen LogP contribution in [-0.2, 0) is 25.5 Å². The average molecular weight is 460 g/mol. The third-order valence-electron chi connectivity index (χ3n) is 5.58. The van der Waals surface area contributed by atoms with Gasteiger partial charge < -0.3 is 14.4 Å². The van der Waals surface area contributed by atoms with Crippen LogP contribution in [0.4, 0.5) is 16.4 Å². The van der Waals surface area contributed by atoms with Gasteiger partial charge in [0.25, 0.3) is 5.82 Å². The molecular weight excluding hydrogens is 428 g/mol. The van der Waals surface area contributed by atoms with Gasteiger partial charge in [-0.2, -0.15) is 8.42 Å². The lowest BCUT2D eigenvalue weighted by Crippen LogP contribution is -2.57. The predicted octanol–water partition coefficient (Wildman–Crippen LogP) is 1.97. The van der Waals surface area contributed by atoms with Gasteiger partial charge in [0, 0.05) is 19.7 Å². The Kier molecular flexibility index (Phi) is 7.55. The second kappa shape index (κ2) is 9.96. The van der Waals surface area contributed by atoms with Crippen LogP contribution in [0.1, 0.15) is 64.6 Å². The number of aromatic nitrogens is 2. The molecule has 2 aliphatic heterocycles. The van der Waals surface area contributed by atoms with Gasteiger partial charge in [-0.3, -0.25) is 4.55 Å². The molecule has 2 saturated heterocycles. The van der Waals surface area contributed by atoms with Crippen molar-refractivity contribution in [3.63, 3.8) is 0 Å². The van der Waals surface area contributed by atoms with Gasteiger partial charge in [0.05, 0.1) is 12.7 Å². The van der Waals surface area contributed by atoms with E-state index in [9.17, 15) is 17.8 Å². The molecule has 0 saturated carbocycles. The summed E-state index contributed by atoms with van der Waals surface area (Å²) in [7, 11) is -4.92. The quantitative estimate of drug-likeness (QED) is 0.464. The predicted molar refractivity (Wildman–Crippen MR) is 111 cm³/mol. The van der Waals surface area contributed by atoms with E-state index >= 15 is 0 Å². The maximum absolute atomic E-state index is 12.2. The molecular formula is C19H31N4O7S+. The summed E-state index contributed by atoms with van der Waals surface area (Å²) in [5, 5.41) is 2.51. The van der Waals surface area contributed by atoms with Crippen LogP contribution in [0.3, 0.4) is 0 Å². The molecule has 0 radical (unpaired) electrons. The first-order valence-corrected chi connectivity index (χ1v) is 12.1. The molecule has 1 aromatic heterocycles. The fourth-order valence-corrected chi connectivity index (χ4v) is 4.39. The lowest BCUT2D eigenvalue weighted by atomic mass is 9.90. The van der Waals surface area contributed by atoms with Crippen LogP contribution in [0, 0.1) is 0 Å². The fourth-order valence-electron chi connectivity index (χ4n) is 4.05. The Labute approximate surface area is 182 Å². The zero-order valence-electron chi connectivity index (χ0n) is 18.0. The van der Waals surface area contributed by atoms with Crippen molar-refractivity contribution >= 4 is 28.1 Å². The Hall–Kier alpha value is -2.18. The number of rotatable bonds is 7. The van der Waals surface area contributed by atoms with E-state index in [0.717, 1.165) is 49.9 Å². The highest BCUT2D eigenvalue weighted by atomic mass is 32.3. The molecule has 2 N–H and O–H groups in total. The summed E-state index contributed by atoms with van der Waals surface area (Å²) >= 11 is 0. The van der Waals surface area contributed by atoms with Crippen molar-refractivity contribution in [2.75, 3.05) is 36.5 Å². The SMILES string of the molecule is CCOC(=O)Nc1cc(N2CCCCC2)nc(C2(CC)CCCCO2)[n+]1OS(=O)(=O)O. The minimum Gasteiger partial charge on any atom is -0.438 e. The zero-order chi connectivity index (χ0) is 22.5. The van der Waals surface area contributed by atoms with Gasteiger partial charge in [0.1, 0.15) is 0 Å². The van der Waals surface area contributed by atoms with Crippen LogP contribution in [-0.4, -0.2) is 50.4 Å². The fraction of sp³-hybridized carbons (Fsp3) is 0.737. The first-order valence-electron chi connectivity index (χ1n) is 10.8. The Morgan fingerprint density at radius 2 is 2.03 bits per heavy atom. The van der Waals surface area contributed by atoms with Crippen molar-refractivity contribution in [1.29, 1.82) is 0 Å². The molecule has 174 valence electrons. The highest BCUT2D eigenvalue weighted by molar-refractivity contribution is 7.80. The van der Waals surface area contributed by atoms with Crippen molar-refractivity contribution in [2.24, 2.45) is 0 Å². The van der Waals surface area contributed by atoms with Gasteiger partial charge in [-0.25, -0.2) is 14.4 Å². The van der Waals surface area contributed by atoms with Crippen molar-refractivity contribution in [1.82, 2.24) is 4.98 Å². The van der Waals surface area contributed by atoms with Crippen LogP contribution in [0.25, 0.3) is 0 Å². The van der Waals surface area contributed by atoms with Gasteiger partial charge in [-0.1, -0.05) is 11.9 Å². The highest BCUT2D eigenvalue weighted by Gasteiger charge is 2.45. The normalized spacial score (nSPS) is 22.1. The molecule has 0 aromatic carbocycles. The van der Waals surface area contributed by atoms with E-state index in [1.807, 2.05) is 6.92 Å². The highest BCUT2D eigenvalue weighted by Crippen LogP contribution is 2.37. The summed E-state index contributed by atoms with van der Waals surface area (Å²) in [6, 6.07) is 1.52. The molecule has 3 heterocycles. The first-order chi connectivity index (χ1) is 14.8.